The van der Waals surface area contributed by atoms with Crippen molar-refractivity contribution in [3.05, 3.63) is 53.1 Å². The van der Waals surface area contributed by atoms with Crippen molar-refractivity contribution in [2.75, 3.05) is 18.5 Å². The van der Waals surface area contributed by atoms with Gasteiger partial charge in [-0.05, 0) is 60.4 Å². The minimum atomic E-state index is -5.09. The summed E-state index contributed by atoms with van der Waals surface area (Å²) in [6.45, 7) is 3.46. The van der Waals surface area contributed by atoms with Gasteiger partial charge in [0.1, 0.15) is 0 Å². The quantitative estimate of drug-likeness (QED) is 0.478. The summed E-state index contributed by atoms with van der Waals surface area (Å²) in [5, 5.41) is 1.83. The van der Waals surface area contributed by atoms with E-state index in [1.54, 1.807) is 32.0 Å². The molecule has 0 heterocycles. The van der Waals surface area contributed by atoms with Gasteiger partial charge in [0.25, 0.3) is 0 Å². The van der Waals surface area contributed by atoms with Crippen LogP contribution in [0.4, 0.5) is 18.9 Å². The van der Waals surface area contributed by atoms with Crippen molar-refractivity contribution in [1.29, 1.82) is 0 Å². The molecule has 2 aromatic carbocycles. The molecule has 0 radical (unpaired) electrons. The Hall–Kier alpha value is -3.80. The molecule has 0 aromatic heterocycles. The molecule has 0 saturated heterocycles. The van der Waals surface area contributed by atoms with Crippen molar-refractivity contribution >= 4 is 23.5 Å². The molecular weight excluding hydrogens is 451 g/mol. The first-order chi connectivity index (χ1) is 16.1. The zero-order chi connectivity index (χ0) is 25.1. The van der Waals surface area contributed by atoms with Gasteiger partial charge >= 0.3 is 24.0 Å². The number of nitrogens with one attached hydrogen (secondary N) is 1. The topological polar surface area (TPSA) is 81.7 Å². The standard InChI is InChI=1S/C25H22F3NO5/c1-4-15-7-9-17-18-10-8-16(29-23(32)25(26,27)28)12-20(18)24(19(17)11-15,13-21(30)33-5-2)14-22(31)34-6-3/h1,7-12H,5-6,13-14H2,2-3H3,(H,29,32). The van der Waals surface area contributed by atoms with Crippen molar-refractivity contribution in [2.24, 2.45) is 0 Å². The number of hydrogen-bond donors (Lipinski definition) is 1. The molecule has 3 rings (SSSR count). The summed E-state index contributed by atoms with van der Waals surface area (Å²) in [5.41, 5.74) is 1.23. The molecule has 0 atom stereocenters. The Morgan fingerprint density at radius 1 is 0.941 bits per heavy atom. The monoisotopic (exact) mass is 473 g/mol. The second-order valence-corrected chi connectivity index (χ2v) is 7.66. The highest BCUT2D eigenvalue weighted by molar-refractivity contribution is 5.96. The van der Waals surface area contributed by atoms with Crippen LogP contribution >= 0.6 is 0 Å². The molecule has 0 bridgehead atoms. The Kier molecular flexibility index (Phi) is 7.01. The van der Waals surface area contributed by atoms with Crippen LogP contribution in [0.15, 0.2) is 36.4 Å². The molecule has 1 aliphatic rings. The molecule has 0 spiro atoms. The number of ether oxygens (including phenoxy) is 2. The van der Waals surface area contributed by atoms with Crippen molar-refractivity contribution in [1.82, 2.24) is 0 Å². The van der Waals surface area contributed by atoms with E-state index in [1.807, 2.05) is 5.32 Å². The van der Waals surface area contributed by atoms with Crippen LogP contribution in [0.3, 0.4) is 0 Å². The van der Waals surface area contributed by atoms with Gasteiger partial charge in [-0.1, -0.05) is 18.1 Å². The molecule has 1 aliphatic carbocycles. The van der Waals surface area contributed by atoms with Gasteiger partial charge in [0, 0.05) is 16.7 Å². The SMILES string of the molecule is C#Cc1ccc2c(c1)C(CC(=O)OCC)(CC(=O)OCC)c1cc(NC(=O)C(F)(F)F)ccc1-2. The predicted molar refractivity (Wildman–Crippen MR) is 118 cm³/mol. The van der Waals surface area contributed by atoms with E-state index >= 15 is 0 Å². The number of carbonyl (C=O) groups is 3. The number of halogens is 3. The Balaban J connectivity index is 2.24. The van der Waals surface area contributed by atoms with E-state index in [0.717, 1.165) is 0 Å². The number of alkyl halides is 3. The maximum absolute atomic E-state index is 12.8. The van der Waals surface area contributed by atoms with Crippen LogP contribution in [0.25, 0.3) is 11.1 Å². The van der Waals surface area contributed by atoms with Crippen LogP contribution in [-0.2, 0) is 29.3 Å². The Morgan fingerprint density at radius 3 is 1.97 bits per heavy atom. The Morgan fingerprint density at radius 2 is 1.47 bits per heavy atom. The first-order valence-electron chi connectivity index (χ1n) is 10.5. The molecule has 178 valence electrons. The molecule has 34 heavy (non-hydrogen) atoms. The molecular formula is C25H22F3NO5. The van der Waals surface area contributed by atoms with E-state index in [0.29, 0.717) is 27.8 Å². The Labute approximate surface area is 194 Å². The third-order valence-corrected chi connectivity index (χ3v) is 5.55. The lowest BCUT2D eigenvalue weighted by molar-refractivity contribution is -0.167. The largest absolute Gasteiger partial charge is 0.471 e. The maximum Gasteiger partial charge on any atom is 0.471 e. The van der Waals surface area contributed by atoms with Crippen molar-refractivity contribution in [2.45, 2.75) is 38.3 Å². The van der Waals surface area contributed by atoms with Crippen LogP contribution < -0.4 is 5.32 Å². The second kappa shape index (κ2) is 9.59. The van der Waals surface area contributed by atoms with Gasteiger partial charge in [-0.2, -0.15) is 13.2 Å². The van der Waals surface area contributed by atoms with Crippen LogP contribution in [-0.4, -0.2) is 37.2 Å². The lowest BCUT2D eigenvalue weighted by Gasteiger charge is -2.30. The molecule has 0 unspecified atom stereocenters. The van der Waals surface area contributed by atoms with Gasteiger partial charge < -0.3 is 14.8 Å². The fourth-order valence-corrected chi connectivity index (χ4v) is 4.22. The van der Waals surface area contributed by atoms with E-state index in [9.17, 15) is 27.6 Å². The number of amides is 1. The van der Waals surface area contributed by atoms with E-state index in [1.165, 1.54) is 18.2 Å². The van der Waals surface area contributed by atoms with E-state index < -0.39 is 29.4 Å². The lowest BCUT2D eigenvalue weighted by Crippen LogP contribution is -2.34. The summed E-state index contributed by atoms with van der Waals surface area (Å²) in [7, 11) is 0. The molecule has 0 saturated carbocycles. The summed E-state index contributed by atoms with van der Waals surface area (Å²) in [5.74, 6) is -0.841. The maximum atomic E-state index is 12.8. The normalized spacial score (nSPS) is 13.3. The van der Waals surface area contributed by atoms with Gasteiger partial charge in [-0.3, -0.25) is 14.4 Å². The number of fused-ring (bicyclic) bond motifs is 3. The van der Waals surface area contributed by atoms with E-state index in [2.05, 4.69) is 5.92 Å². The average molecular weight is 473 g/mol. The highest BCUT2D eigenvalue weighted by atomic mass is 19.4. The summed E-state index contributed by atoms with van der Waals surface area (Å²) >= 11 is 0. The van der Waals surface area contributed by atoms with Crippen molar-refractivity contribution < 1.29 is 37.0 Å². The number of anilines is 1. The molecule has 0 fully saturated rings. The number of benzene rings is 2. The number of hydrogen-bond acceptors (Lipinski definition) is 5. The highest BCUT2D eigenvalue weighted by Crippen LogP contribution is 2.54. The first kappa shape index (κ1) is 24.8. The molecule has 6 nitrogen and oxygen atoms in total. The predicted octanol–water partition coefficient (Wildman–Crippen LogP) is 4.34. The fraction of sp³-hybridized carbons (Fsp3) is 0.320. The van der Waals surface area contributed by atoms with Gasteiger partial charge in [0.2, 0.25) is 0 Å². The zero-order valence-corrected chi connectivity index (χ0v) is 18.5. The number of carbonyl (C=O) groups excluding carboxylic acids is 3. The van der Waals surface area contributed by atoms with Gasteiger partial charge in [-0.25, -0.2) is 0 Å². The number of terminal acetylenes is 1. The second-order valence-electron chi connectivity index (χ2n) is 7.66. The molecule has 0 aliphatic heterocycles. The van der Waals surface area contributed by atoms with Crippen molar-refractivity contribution in [3.63, 3.8) is 0 Å². The minimum Gasteiger partial charge on any atom is -0.466 e. The number of rotatable bonds is 7. The van der Waals surface area contributed by atoms with E-state index in [4.69, 9.17) is 15.9 Å². The van der Waals surface area contributed by atoms with Gasteiger partial charge in [0.05, 0.1) is 26.1 Å². The zero-order valence-electron chi connectivity index (χ0n) is 18.5. The summed E-state index contributed by atoms with van der Waals surface area (Å²) < 4.78 is 48.8. The smallest absolute Gasteiger partial charge is 0.466 e. The van der Waals surface area contributed by atoms with Crippen LogP contribution in [0.5, 0.6) is 0 Å². The summed E-state index contributed by atoms with van der Waals surface area (Å²) in [6.07, 6.45) is -0.0935. The summed E-state index contributed by atoms with van der Waals surface area (Å²) in [4.78, 5) is 36.9. The summed E-state index contributed by atoms with van der Waals surface area (Å²) in [6, 6.07) is 9.29. The average Bonchev–Trinajstić information content (AvgIpc) is 3.01. The van der Waals surface area contributed by atoms with Gasteiger partial charge in [-0.15, -0.1) is 6.42 Å². The lowest BCUT2D eigenvalue weighted by atomic mass is 9.72. The van der Waals surface area contributed by atoms with Crippen LogP contribution in [0.1, 0.15) is 43.4 Å². The third-order valence-electron chi connectivity index (χ3n) is 5.55. The first-order valence-corrected chi connectivity index (χ1v) is 10.5. The highest BCUT2D eigenvalue weighted by Gasteiger charge is 2.47. The molecule has 1 amide bonds. The van der Waals surface area contributed by atoms with Crippen LogP contribution in [0.2, 0.25) is 0 Å². The van der Waals surface area contributed by atoms with Crippen molar-refractivity contribution in [3.8, 4) is 23.5 Å². The van der Waals surface area contributed by atoms with Crippen LogP contribution in [0, 0.1) is 12.3 Å². The third kappa shape index (κ3) is 4.76. The number of esters is 2. The minimum absolute atomic E-state index is 0.0973. The van der Waals surface area contributed by atoms with Gasteiger partial charge in [0.15, 0.2) is 0 Å². The molecule has 2 aromatic rings. The Bertz CT molecular complexity index is 1160. The fourth-order valence-electron chi connectivity index (χ4n) is 4.22. The molecule has 1 N–H and O–H groups in total. The molecule has 9 heteroatoms. The van der Waals surface area contributed by atoms with E-state index in [-0.39, 0.29) is 31.7 Å².